The zero-order valence-electron chi connectivity index (χ0n) is 6.57. The minimum absolute atomic E-state index is 0.179. The molecule has 4 nitrogen and oxygen atoms in total. The van der Waals surface area contributed by atoms with Crippen LogP contribution >= 0.6 is 0 Å². The van der Waals surface area contributed by atoms with Gasteiger partial charge in [-0.05, 0) is 6.92 Å². The van der Waals surface area contributed by atoms with Gasteiger partial charge in [-0.15, -0.1) is 0 Å². The van der Waals surface area contributed by atoms with Crippen LogP contribution in [0.15, 0.2) is 12.4 Å². The molecule has 66 valence electrons. The zero-order valence-corrected chi connectivity index (χ0v) is 6.57. The Morgan fingerprint density at radius 2 is 2.58 bits per heavy atom. The average Bonchev–Trinajstić information content (AvgIpc) is 2.36. The molecule has 0 saturated heterocycles. The van der Waals surface area contributed by atoms with Crippen molar-refractivity contribution in [1.82, 2.24) is 9.55 Å². The number of carbonyl (C=O) groups is 1. The van der Waals surface area contributed by atoms with E-state index < -0.39 is 12.1 Å². The normalized spacial score (nSPS) is 12.8. The topological polar surface area (TPSA) is 55.1 Å². The summed E-state index contributed by atoms with van der Waals surface area (Å²) in [5.41, 5.74) is 0. The minimum Gasteiger partial charge on any atom is -0.479 e. The van der Waals surface area contributed by atoms with Crippen molar-refractivity contribution in [2.45, 2.75) is 19.6 Å². The van der Waals surface area contributed by atoms with Gasteiger partial charge >= 0.3 is 5.97 Å². The quantitative estimate of drug-likeness (QED) is 0.726. The summed E-state index contributed by atoms with van der Waals surface area (Å²) in [5, 5.41) is 8.26. The van der Waals surface area contributed by atoms with Crippen molar-refractivity contribution in [3.63, 3.8) is 0 Å². The van der Waals surface area contributed by atoms with Crippen molar-refractivity contribution < 1.29 is 14.3 Å². The number of aromatic nitrogens is 2. The maximum Gasteiger partial charge on any atom is 0.340 e. The summed E-state index contributed by atoms with van der Waals surface area (Å²) in [6.07, 6.45) is 1.19. The van der Waals surface area contributed by atoms with Crippen LogP contribution in [-0.2, 0) is 11.3 Å². The molecule has 0 aliphatic rings. The van der Waals surface area contributed by atoms with Crippen LogP contribution in [0.3, 0.4) is 0 Å². The van der Waals surface area contributed by atoms with Gasteiger partial charge in [0, 0.05) is 12.4 Å². The second-order valence-electron chi connectivity index (χ2n) is 2.43. The number of nitrogens with zero attached hydrogens (tertiary/aromatic N) is 2. The van der Waals surface area contributed by atoms with E-state index in [2.05, 4.69) is 4.98 Å². The number of aryl methyl sites for hydroxylation is 1. The molecule has 0 bridgehead atoms. The number of carboxylic acid groups (broad SMARTS) is 1. The summed E-state index contributed by atoms with van der Waals surface area (Å²) in [6, 6.07) is 0. The largest absolute Gasteiger partial charge is 0.479 e. The number of hydrogen-bond acceptors (Lipinski definition) is 2. The van der Waals surface area contributed by atoms with Gasteiger partial charge < -0.3 is 9.67 Å². The second kappa shape index (κ2) is 3.34. The van der Waals surface area contributed by atoms with Crippen LogP contribution in [0, 0.1) is 6.92 Å². The fourth-order valence-electron chi connectivity index (χ4n) is 0.847. The number of alkyl halides is 1. The first-order valence-electron chi connectivity index (χ1n) is 3.46. The van der Waals surface area contributed by atoms with E-state index in [-0.39, 0.29) is 6.54 Å². The molecule has 12 heavy (non-hydrogen) atoms. The first-order valence-corrected chi connectivity index (χ1v) is 3.46. The Bertz CT molecular complexity index is 285. The number of hydrogen-bond donors (Lipinski definition) is 1. The van der Waals surface area contributed by atoms with Crippen LogP contribution in [0.4, 0.5) is 4.39 Å². The highest BCUT2D eigenvalue weighted by atomic mass is 19.1. The third-order valence-electron chi connectivity index (χ3n) is 1.55. The van der Waals surface area contributed by atoms with Gasteiger partial charge in [0.1, 0.15) is 5.82 Å². The average molecular weight is 172 g/mol. The summed E-state index contributed by atoms with van der Waals surface area (Å²) < 4.78 is 14.1. The molecule has 1 N–H and O–H groups in total. The lowest BCUT2D eigenvalue weighted by Gasteiger charge is -2.05. The maximum absolute atomic E-state index is 12.6. The van der Waals surface area contributed by atoms with Crippen LogP contribution in [0.1, 0.15) is 5.82 Å². The molecule has 0 aliphatic carbocycles. The van der Waals surface area contributed by atoms with Crippen molar-refractivity contribution >= 4 is 5.97 Å². The van der Waals surface area contributed by atoms with Crippen molar-refractivity contribution in [1.29, 1.82) is 0 Å². The fraction of sp³-hybridized carbons (Fsp3) is 0.429. The highest BCUT2D eigenvalue weighted by Crippen LogP contribution is 2.00. The van der Waals surface area contributed by atoms with Gasteiger partial charge in [0.2, 0.25) is 6.17 Å². The van der Waals surface area contributed by atoms with E-state index >= 15 is 0 Å². The first-order chi connectivity index (χ1) is 5.61. The molecule has 5 heteroatoms. The molecule has 1 heterocycles. The molecule has 0 radical (unpaired) electrons. The molecule has 0 fully saturated rings. The molecule has 1 atom stereocenters. The van der Waals surface area contributed by atoms with Crippen molar-refractivity contribution in [2.75, 3.05) is 0 Å². The van der Waals surface area contributed by atoms with E-state index in [9.17, 15) is 9.18 Å². The molecule has 1 unspecified atom stereocenters. The molecule has 0 aromatic carbocycles. The SMILES string of the molecule is Cc1nccn1CC(F)C(=O)O. The van der Waals surface area contributed by atoms with E-state index in [1.165, 1.54) is 10.8 Å². The fourth-order valence-corrected chi connectivity index (χ4v) is 0.847. The Labute approximate surface area is 68.7 Å². The highest BCUT2D eigenvalue weighted by Gasteiger charge is 2.16. The Hall–Kier alpha value is -1.39. The number of imidazole rings is 1. The molecule has 1 aromatic rings. The maximum atomic E-state index is 12.6. The third-order valence-corrected chi connectivity index (χ3v) is 1.55. The summed E-state index contributed by atoms with van der Waals surface area (Å²) in [5.74, 6) is -0.831. The minimum atomic E-state index is -1.86. The van der Waals surface area contributed by atoms with Crippen molar-refractivity contribution in [3.8, 4) is 0 Å². The van der Waals surface area contributed by atoms with E-state index in [1.807, 2.05) is 0 Å². The van der Waals surface area contributed by atoms with E-state index in [1.54, 1.807) is 13.1 Å². The van der Waals surface area contributed by atoms with Crippen molar-refractivity contribution in [2.24, 2.45) is 0 Å². The lowest BCUT2D eigenvalue weighted by molar-refractivity contribution is -0.143. The van der Waals surface area contributed by atoms with Crippen LogP contribution in [0.2, 0.25) is 0 Å². The molecule has 0 saturated carbocycles. The monoisotopic (exact) mass is 172 g/mol. The highest BCUT2D eigenvalue weighted by molar-refractivity contribution is 5.71. The van der Waals surface area contributed by atoms with Crippen LogP contribution in [-0.4, -0.2) is 26.8 Å². The molecular formula is C7H9FN2O2. The molecule has 1 aromatic heterocycles. The van der Waals surface area contributed by atoms with E-state index in [0.717, 1.165) is 0 Å². The van der Waals surface area contributed by atoms with Gasteiger partial charge in [-0.2, -0.15) is 0 Å². The van der Waals surface area contributed by atoms with Gasteiger partial charge in [0.25, 0.3) is 0 Å². The smallest absolute Gasteiger partial charge is 0.340 e. The summed E-state index contributed by atoms with van der Waals surface area (Å²) >= 11 is 0. The summed E-state index contributed by atoms with van der Waals surface area (Å²) in [4.78, 5) is 14.0. The summed E-state index contributed by atoms with van der Waals surface area (Å²) in [6.45, 7) is 1.51. The summed E-state index contributed by atoms with van der Waals surface area (Å²) in [7, 11) is 0. The number of carboxylic acids is 1. The van der Waals surface area contributed by atoms with Gasteiger partial charge in [-0.1, -0.05) is 0 Å². The van der Waals surface area contributed by atoms with Crippen LogP contribution in [0.25, 0.3) is 0 Å². The predicted octanol–water partition coefficient (Wildman–Crippen LogP) is 0.614. The lowest BCUT2D eigenvalue weighted by atomic mass is 10.4. The zero-order chi connectivity index (χ0) is 9.14. The van der Waals surface area contributed by atoms with Gasteiger partial charge in [0.15, 0.2) is 0 Å². The third kappa shape index (κ3) is 1.81. The van der Waals surface area contributed by atoms with Crippen LogP contribution < -0.4 is 0 Å². The molecular weight excluding hydrogens is 163 g/mol. The number of rotatable bonds is 3. The van der Waals surface area contributed by atoms with Gasteiger partial charge in [0.05, 0.1) is 6.54 Å². The molecule has 0 amide bonds. The molecule has 1 rings (SSSR count). The lowest BCUT2D eigenvalue weighted by Crippen LogP contribution is -2.21. The number of halogens is 1. The van der Waals surface area contributed by atoms with Crippen molar-refractivity contribution in [3.05, 3.63) is 18.2 Å². The van der Waals surface area contributed by atoms with Crippen LogP contribution in [0.5, 0.6) is 0 Å². The Morgan fingerprint density at radius 1 is 1.92 bits per heavy atom. The van der Waals surface area contributed by atoms with Gasteiger partial charge in [-0.25, -0.2) is 14.2 Å². The standard InChI is InChI=1S/C7H9FN2O2/c1-5-9-2-3-10(5)4-6(8)7(11)12/h2-3,6H,4H2,1H3,(H,11,12). The second-order valence-corrected chi connectivity index (χ2v) is 2.43. The Kier molecular flexibility index (Phi) is 2.42. The first kappa shape index (κ1) is 8.70. The van der Waals surface area contributed by atoms with Gasteiger partial charge in [-0.3, -0.25) is 0 Å². The number of aliphatic carboxylic acids is 1. The molecule has 0 spiro atoms. The van der Waals surface area contributed by atoms with E-state index in [0.29, 0.717) is 5.82 Å². The molecule has 0 aliphatic heterocycles. The Balaban J connectivity index is 2.64. The predicted molar refractivity (Wildman–Crippen MR) is 39.5 cm³/mol. The Morgan fingerprint density at radius 3 is 3.00 bits per heavy atom. The van der Waals surface area contributed by atoms with E-state index in [4.69, 9.17) is 5.11 Å².